The summed E-state index contributed by atoms with van der Waals surface area (Å²) in [5.74, 6) is 0.497. The van der Waals surface area contributed by atoms with E-state index in [0.717, 1.165) is 32.4 Å². The van der Waals surface area contributed by atoms with E-state index >= 15 is 0 Å². The molecule has 0 spiro atoms. The van der Waals surface area contributed by atoms with E-state index in [4.69, 9.17) is 15.2 Å². The van der Waals surface area contributed by atoms with Crippen LogP contribution in [0, 0.1) is 0 Å². The first-order chi connectivity index (χ1) is 7.70. The number of rotatable bonds is 9. The molecule has 0 radical (unpaired) electrons. The molecule has 3 N–H and O–H groups in total. The van der Waals surface area contributed by atoms with Gasteiger partial charge >= 0.3 is 0 Å². The molecular formula is C11H25N3O2. The molecule has 0 aliphatic heterocycles. The molecule has 0 amide bonds. The number of nitrogens with one attached hydrogen (secondary N) is 1. The van der Waals surface area contributed by atoms with Gasteiger partial charge < -0.3 is 20.5 Å². The molecule has 0 saturated carbocycles. The third kappa shape index (κ3) is 9.73. The number of aliphatic imine (C=N–C) groups is 1. The maximum atomic E-state index is 5.70. The van der Waals surface area contributed by atoms with Crippen LogP contribution in [0.4, 0.5) is 0 Å². The zero-order chi connectivity index (χ0) is 12.2. The fourth-order valence-electron chi connectivity index (χ4n) is 1.32. The van der Waals surface area contributed by atoms with E-state index in [1.807, 2.05) is 6.92 Å². The molecule has 0 bridgehead atoms. The Morgan fingerprint density at radius 1 is 1.25 bits per heavy atom. The third-order valence-electron chi connectivity index (χ3n) is 2.10. The standard InChI is InChI=1S/C11H25N3O2/c1-10(9-16-3)14-11(12)13-7-5-4-6-8-15-2/h10H,4-9H2,1-3H3,(H3,12,13,14). The second-order valence-corrected chi connectivity index (χ2v) is 3.82. The van der Waals surface area contributed by atoms with Crippen LogP contribution in [0.1, 0.15) is 26.2 Å². The van der Waals surface area contributed by atoms with Crippen molar-refractivity contribution in [2.75, 3.05) is 34.0 Å². The zero-order valence-electron chi connectivity index (χ0n) is 10.7. The van der Waals surface area contributed by atoms with Gasteiger partial charge in [-0.1, -0.05) is 0 Å². The minimum absolute atomic E-state index is 0.197. The van der Waals surface area contributed by atoms with Crippen LogP contribution in [-0.4, -0.2) is 46.0 Å². The van der Waals surface area contributed by atoms with Gasteiger partial charge in [0, 0.05) is 33.4 Å². The van der Waals surface area contributed by atoms with Crippen molar-refractivity contribution in [3.8, 4) is 0 Å². The molecular weight excluding hydrogens is 206 g/mol. The van der Waals surface area contributed by atoms with Crippen LogP contribution in [0.5, 0.6) is 0 Å². The number of unbranched alkanes of at least 4 members (excludes halogenated alkanes) is 2. The molecule has 1 atom stereocenters. The highest BCUT2D eigenvalue weighted by Gasteiger charge is 2.00. The quantitative estimate of drug-likeness (QED) is 0.349. The molecule has 5 nitrogen and oxygen atoms in total. The summed E-state index contributed by atoms with van der Waals surface area (Å²) in [6.45, 7) is 4.22. The first kappa shape index (κ1) is 15.2. The van der Waals surface area contributed by atoms with Crippen molar-refractivity contribution in [1.82, 2.24) is 5.32 Å². The van der Waals surface area contributed by atoms with E-state index < -0.39 is 0 Å². The van der Waals surface area contributed by atoms with Crippen LogP contribution >= 0.6 is 0 Å². The lowest BCUT2D eigenvalue weighted by molar-refractivity contribution is 0.179. The van der Waals surface area contributed by atoms with Gasteiger partial charge in [0.05, 0.1) is 6.61 Å². The van der Waals surface area contributed by atoms with Gasteiger partial charge in [-0.15, -0.1) is 0 Å². The van der Waals surface area contributed by atoms with Gasteiger partial charge in [-0.25, -0.2) is 0 Å². The van der Waals surface area contributed by atoms with E-state index in [1.165, 1.54) is 0 Å². The van der Waals surface area contributed by atoms with E-state index in [1.54, 1.807) is 14.2 Å². The van der Waals surface area contributed by atoms with Gasteiger partial charge in [0.1, 0.15) is 0 Å². The maximum absolute atomic E-state index is 5.70. The van der Waals surface area contributed by atoms with Gasteiger partial charge in [0.2, 0.25) is 0 Å². The van der Waals surface area contributed by atoms with E-state index in [-0.39, 0.29) is 6.04 Å². The van der Waals surface area contributed by atoms with Crippen molar-refractivity contribution in [1.29, 1.82) is 0 Å². The Hall–Kier alpha value is -0.810. The van der Waals surface area contributed by atoms with Crippen molar-refractivity contribution in [3.05, 3.63) is 0 Å². The molecule has 96 valence electrons. The Morgan fingerprint density at radius 2 is 2.00 bits per heavy atom. The fourth-order valence-corrected chi connectivity index (χ4v) is 1.32. The van der Waals surface area contributed by atoms with E-state index in [0.29, 0.717) is 12.6 Å². The Kier molecular flexibility index (Phi) is 10.2. The SMILES string of the molecule is COCCCCCN=C(N)NC(C)COC. The zero-order valence-corrected chi connectivity index (χ0v) is 10.7. The average molecular weight is 231 g/mol. The number of guanidine groups is 1. The Bertz CT molecular complexity index is 186. The molecule has 0 aromatic rings. The summed E-state index contributed by atoms with van der Waals surface area (Å²) in [4.78, 5) is 4.23. The number of ether oxygens (including phenoxy) is 2. The lowest BCUT2D eigenvalue weighted by Gasteiger charge is -2.12. The number of hydrogen-bond donors (Lipinski definition) is 2. The lowest BCUT2D eigenvalue weighted by atomic mass is 10.2. The molecule has 0 heterocycles. The Labute approximate surface area is 98.4 Å². The van der Waals surface area contributed by atoms with Gasteiger partial charge in [-0.2, -0.15) is 0 Å². The lowest BCUT2D eigenvalue weighted by Crippen LogP contribution is -2.40. The molecule has 5 heteroatoms. The number of methoxy groups -OCH3 is 2. The second-order valence-electron chi connectivity index (χ2n) is 3.82. The first-order valence-electron chi connectivity index (χ1n) is 5.75. The predicted molar refractivity (Wildman–Crippen MR) is 66.7 cm³/mol. The predicted octanol–water partition coefficient (Wildman–Crippen LogP) is 0.742. The summed E-state index contributed by atoms with van der Waals surface area (Å²) in [6.07, 6.45) is 3.25. The molecule has 0 saturated heterocycles. The minimum atomic E-state index is 0.197. The van der Waals surface area contributed by atoms with Crippen LogP contribution in [0.15, 0.2) is 4.99 Å². The highest BCUT2D eigenvalue weighted by atomic mass is 16.5. The van der Waals surface area contributed by atoms with E-state index in [9.17, 15) is 0 Å². The molecule has 0 rings (SSSR count). The second kappa shape index (κ2) is 10.7. The summed E-state index contributed by atoms with van der Waals surface area (Å²) in [7, 11) is 3.39. The fraction of sp³-hybridized carbons (Fsp3) is 0.909. The van der Waals surface area contributed by atoms with Gasteiger partial charge in [-0.3, -0.25) is 4.99 Å². The first-order valence-corrected chi connectivity index (χ1v) is 5.75. The van der Waals surface area contributed by atoms with Crippen molar-refractivity contribution in [2.24, 2.45) is 10.7 Å². The molecule has 16 heavy (non-hydrogen) atoms. The molecule has 0 aliphatic rings. The van der Waals surface area contributed by atoms with Crippen LogP contribution in [0.3, 0.4) is 0 Å². The normalized spacial score (nSPS) is 13.8. The average Bonchev–Trinajstić information content (AvgIpc) is 2.23. The number of hydrogen-bond acceptors (Lipinski definition) is 3. The Balaban J connectivity index is 3.47. The van der Waals surface area contributed by atoms with Gasteiger partial charge in [0.15, 0.2) is 5.96 Å². The molecule has 0 aromatic carbocycles. The van der Waals surface area contributed by atoms with Crippen LogP contribution in [0.25, 0.3) is 0 Å². The monoisotopic (exact) mass is 231 g/mol. The maximum Gasteiger partial charge on any atom is 0.188 e. The molecule has 0 aromatic heterocycles. The number of nitrogens with zero attached hydrogens (tertiary/aromatic N) is 1. The van der Waals surface area contributed by atoms with Gasteiger partial charge in [0.25, 0.3) is 0 Å². The summed E-state index contributed by atoms with van der Waals surface area (Å²) < 4.78 is 9.95. The van der Waals surface area contributed by atoms with Crippen molar-refractivity contribution < 1.29 is 9.47 Å². The summed E-state index contributed by atoms with van der Waals surface area (Å²) in [5, 5.41) is 3.06. The van der Waals surface area contributed by atoms with Crippen LogP contribution in [-0.2, 0) is 9.47 Å². The Morgan fingerprint density at radius 3 is 2.62 bits per heavy atom. The third-order valence-corrected chi connectivity index (χ3v) is 2.10. The molecule has 0 fully saturated rings. The van der Waals surface area contributed by atoms with Crippen LogP contribution in [0.2, 0.25) is 0 Å². The molecule has 0 aliphatic carbocycles. The smallest absolute Gasteiger partial charge is 0.188 e. The minimum Gasteiger partial charge on any atom is -0.385 e. The largest absolute Gasteiger partial charge is 0.385 e. The highest BCUT2D eigenvalue weighted by Crippen LogP contribution is 1.95. The topological polar surface area (TPSA) is 68.9 Å². The van der Waals surface area contributed by atoms with E-state index in [2.05, 4.69) is 10.3 Å². The van der Waals surface area contributed by atoms with Crippen LogP contribution < -0.4 is 11.1 Å². The van der Waals surface area contributed by atoms with Crippen molar-refractivity contribution in [3.63, 3.8) is 0 Å². The summed E-state index contributed by atoms with van der Waals surface area (Å²) in [5.41, 5.74) is 5.70. The van der Waals surface area contributed by atoms with Crippen molar-refractivity contribution >= 4 is 5.96 Å². The van der Waals surface area contributed by atoms with Crippen molar-refractivity contribution in [2.45, 2.75) is 32.2 Å². The molecule has 1 unspecified atom stereocenters. The van der Waals surface area contributed by atoms with Gasteiger partial charge in [-0.05, 0) is 26.2 Å². The summed E-state index contributed by atoms with van der Waals surface area (Å²) in [6, 6.07) is 0.197. The summed E-state index contributed by atoms with van der Waals surface area (Å²) >= 11 is 0. The highest BCUT2D eigenvalue weighted by molar-refractivity contribution is 5.78. The number of nitrogens with two attached hydrogens (primary N) is 1.